The lowest BCUT2D eigenvalue weighted by Gasteiger charge is -2.22. The minimum absolute atomic E-state index is 0.0792. The van der Waals surface area contributed by atoms with E-state index in [1.165, 1.54) is 41.0 Å². The number of aromatic nitrogens is 2. The van der Waals surface area contributed by atoms with Crippen molar-refractivity contribution in [3.05, 3.63) is 26.4 Å². The van der Waals surface area contributed by atoms with Gasteiger partial charge in [-0.15, -0.1) is 21.5 Å². The van der Waals surface area contributed by atoms with E-state index in [4.69, 9.17) is 4.74 Å². The highest BCUT2D eigenvalue weighted by molar-refractivity contribution is 7.16. The summed E-state index contributed by atoms with van der Waals surface area (Å²) in [6.07, 6.45) is 4.47. The zero-order chi connectivity index (χ0) is 18.8. The summed E-state index contributed by atoms with van der Waals surface area (Å²) in [7, 11) is 0. The SMILES string of the molecule is CCc1sc(C(=O)Nc2nnc(C)s2)cc1C1CC1NCC1CCOCC1. The Morgan fingerprint density at radius 2 is 2.11 bits per heavy atom. The van der Waals surface area contributed by atoms with Gasteiger partial charge in [0.15, 0.2) is 0 Å². The average Bonchev–Trinajstić information content (AvgIpc) is 3.12. The number of hydrogen-bond acceptors (Lipinski definition) is 7. The van der Waals surface area contributed by atoms with Crippen LogP contribution in [0.1, 0.15) is 57.2 Å². The van der Waals surface area contributed by atoms with Crippen LogP contribution in [-0.2, 0) is 11.2 Å². The molecule has 1 amide bonds. The van der Waals surface area contributed by atoms with Crippen molar-refractivity contribution < 1.29 is 9.53 Å². The minimum Gasteiger partial charge on any atom is -0.381 e. The number of rotatable bonds is 7. The third kappa shape index (κ3) is 4.56. The highest BCUT2D eigenvalue weighted by Gasteiger charge is 2.40. The molecule has 4 rings (SSSR count). The van der Waals surface area contributed by atoms with E-state index in [0.29, 0.717) is 17.1 Å². The number of carbonyl (C=O) groups is 1. The first kappa shape index (κ1) is 19.0. The Bertz CT molecular complexity index is 797. The van der Waals surface area contributed by atoms with Crippen LogP contribution in [0, 0.1) is 12.8 Å². The normalized spacial score (nSPS) is 22.7. The van der Waals surface area contributed by atoms with E-state index < -0.39 is 0 Å². The van der Waals surface area contributed by atoms with Crippen LogP contribution < -0.4 is 10.6 Å². The van der Waals surface area contributed by atoms with Crippen LogP contribution in [-0.4, -0.2) is 41.9 Å². The Balaban J connectivity index is 1.36. The highest BCUT2D eigenvalue weighted by atomic mass is 32.1. The van der Waals surface area contributed by atoms with Crippen LogP contribution >= 0.6 is 22.7 Å². The van der Waals surface area contributed by atoms with Crippen molar-refractivity contribution in [1.29, 1.82) is 0 Å². The van der Waals surface area contributed by atoms with Crippen molar-refractivity contribution in [2.24, 2.45) is 5.92 Å². The molecule has 1 saturated heterocycles. The number of thiophene rings is 1. The largest absolute Gasteiger partial charge is 0.381 e. The first-order valence-electron chi connectivity index (χ1n) is 9.69. The number of amides is 1. The molecule has 2 aliphatic rings. The third-order valence-electron chi connectivity index (χ3n) is 5.33. The monoisotopic (exact) mass is 406 g/mol. The lowest BCUT2D eigenvalue weighted by Crippen LogP contribution is -2.29. The molecule has 2 atom stereocenters. The molecule has 0 bridgehead atoms. The van der Waals surface area contributed by atoms with Gasteiger partial charge in [-0.3, -0.25) is 10.1 Å². The van der Waals surface area contributed by atoms with Gasteiger partial charge in [-0.05, 0) is 56.7 Å². The summed E-state index contributed by atoms with van der Waals surface area (Å²) < 4.78 is 5.44. The molecule has 3 heterocycles. The van der Waals surface area contributed by atoms with Gasteiger partial charge in [-0.25, -0.2) is 0 Å². The lowest BCUT2D eigenvalue weighted by molar-refractivity contribution is 0.0662. The van der Waals surface area contributed by atoms with Crippen molar-refractivity contribution in [2.45, 2.75) is 51.5 Å². The van der Waals surface area contributed by atoms with Crippen molar-refractivity contribution in [3.8, 4) is 0 Å². The van der Waals surface area contributed by atoms with Gasteiger partial charge in [0.05, 0.1) is 4.88 Å². The smallest absolute Gasteiger partial charge is 0.267 e. The van der Waals surface area contributed by atoms with Crippen LogP contribution in [0.5, 0.6) is 0 Å². The lowest BCUT2D eigenvalue weighted by atomic mass is 10.0. The Kier molecular flexibility index (Phi) is 5.87. The highest BCUT2D eigenvalue weighted by Crippen LogP contribution is 2.45. The molecular formula is C19H26N4O2S2. The van der Waals surface area contributed by atoms with Crippen LogP contribution in [0.2, 0.25) is 0 Å². The van der Waals surface area contributed by atoms with E-state index >= 15 is 0 Å². The summed E-state index contributed by atoms with van der Waals surface area (Å²) in [6, 6.07) is 2.64. The molecule has 146 valence electrons. The maximum atomic E-state index is 12.6. The van der Waals surface area contributed by atoms with Gasteiger partial charge < -0.3 is 10.1 Å². The summed E-state index contributed by atoms with van der Waals surface area (Å²) in [5.74, 6) is 1.20. The van der Waals surface area contributed by atoms with E-state index in [1.807, 2.05) is 6.92 Å². The number of anilines is 1. The summed E-state index contributed by atoms with van der Waals surface area (Å²) in [4.78, 5) is 14.7. The fourth-order valence-corrected chi connectivity index (χ4v) is 5.34. The standard InChI is InChI=1S/C19H26N4O2S2/c1-3-16-14(13-8-15(13)20-10-12-4-6-25-7-5-12)9-17(27-16)18(24)21-19-23-22-11(2)26-19/h9,12-13,15,20H,3-8,10H2,1-2H3,(H,21,23,24). The van der Waals surface area contributed by atoms with Gasteiger partial charge in [-0.1, -0.05) is 18.3 Å². The average molecular weight is 407 g/mol. The Labute approximate surface area is 167 Å². The van der Waals surface area contributed by atoms with Crippen molar-refractivity contribution in [1.82, 2.24) is 15.5 Å². The van der Waals surface area contributed by atoms with Gasteiger partial charge in [0, 0.05) is 30.1 Å². The molecule has 6 nitrogen and oxygen atoms in total. The fourth-order valence-electron chi connectivity index (χ4n) is 3.68. The molecule has 2 fully saturated rings. The van der Waals surface area contributed by atoms with Gasteiger partial charge in [0.2, 0.25) is 5.13 Å². The van der Waals surface area contributed by atoms with Crippen LogP contribution in [0.15, 0.2) is 6.07 Å². The zero-order valence-electron chi connectivity index (χ0n) is 15.8. The molecule has 1 aliphatic heterocycles. The topological polar surface area (TPSA) is 76.1 Å². The predicted molar refractivity (Wildman–Crippen MR) is 109 cm³/mol. The Morgan fingerprint density at radius 3 is 2.81 bits per heavy atom. The first-order chi connectivity index (χ1) is 13.1. The summed E-state index contributed by atoms with van der Waals surface area (Å²) in [5, 5.41) is 16.0. The second-order valence-corrected chi connectivity index (χ2v) is 9.65. The van der Waals surface area contributed by atoms with Crippen LogP contribution in [0.4, 0.5) is 5.13 Å². The summed E-state index contributed by atoms with van der Waals surface area (Å²) >= 11 is 3.01. The molecule has 27 heavy (non-hydrogen) atoms. The van der Waals surface area contributed by atoms with Crippen LogP contribution in [0.25, 0.3) is 0 Å². The Morgan fingerprint density at radius 1 is 1.30 bits per heavy atom. The molecule has 2 aromatic rings. The van der Waals surface area contributed by atoms with Gasteiger partial charge in [0.25, 0.3) is 5.91 Å². The second kappa shape index (κ2) is 8.34. The summed E-state index contributed by atoms with van der Waals surface area (Å²) in [6.45, 7) is 6.93. The quantitative estimate of drug-likeness (QED) is 0.735. The van der Waals surface area contributed by atoms with E-state index in [1.54, 1.807) is 11.3 Å². The van der Waals surface area contributed by atoms with E-state index in [2.05, 4.69) is 33.8 Å². The predicted octanol–water partition coefficient (Wildman–Crippen LogP) is 3.59. The molecule has 0 radical (unpaired) electrons. The maximum absolute atomic E-state index is 12.6. The molecule has 2 N–H and O–H groups in total. The molecule has 1 saturated carbocycles. The third-order valence-corrected chi connectivity index (χ3v) is 7.38. The second-order valence-electron chi connectivity index (χ2n) is 7.34. The molecule has 1 aliphatic carbocycles. The molecular weight excluding hydrogens is 380 g/mol. The molecule has 0 aromatic carbocycles. The van der Waals surface area contributed by atoms with E-state index in [-0.39, 0.29) is 5.91 Å². The molecule has 0 spiro atoms. The van der Waals surface area contributed by atoms with Crippen LogP contribution in [0.3, 0.4) is 0 Å². The number of hydrogen-bond donors (Lipinski definition) is 2. The van der Waals surface area contributed by atoms with E-state index in [9.17, 15) is 4.79 Å². The van der Waals surface area contributed by atoms with Gasteiger partial charge in [0.1, 0.15) is 5.01 Å². The van der Waals surface area contributed by atoms with Crippen molar-refractivity contribution in [2.75, 3.05) is 25.1 Å². The molecule has 2 aromatic heterocycles. The van der Waals surface area contributed by atoms with E-state index in [0.717, 1.165) is 42.0 Å². The first-order valence-corrected chi connectivity index (χ1v) is 11.3. The van der Waals surface area contributed by atoms with Crippen molar-refractivity contribution >= 4 is 33.7 Å². The minimum atomic E-state index is -0.0792. The fraction of sp³-hybridized carbons (Fsp3) is 0.632. The summed E-state index contributed by atoms with van der Waals surface area (Å²) in [5.41, 5.74) is 1.35. The van der Waals surface area contributed by atoms with Gasteiger partial charge in [-0.2, -0.15) is 0 Å². The maximum Gasteiger partial charge on any atom is 0.267 e. The number of nitrogens with one attached hydrogen (secondary N) is 2. The number of nitrogens with zero attached hydrogens (tertiary/aromatic N) is 2. The number of carbonyl (C=O) groups excluding carboxylic acids is 1. The van der Waals surface area contributed by atoms with Gasteiger partial charge >= 0.3 is 0 Å². The molecule has 8 heteroatoms. The molecule has 2 unspecified atom stereocenters. The van der Waals surface area contributed by atoms with Crippen molar-refractivity contribution in [3.63, 3.8) is 0 Å². The number of ether oxygens (including phenoxy) is 1. The Hall–Kier alpha value is -1.35. The zero-order valence-corrected chi connectivity index (χ0v) is 17.4. The number of aryl methyl sites for hydroxylation is 2.